The summed E-state index contributed by atoms with van der Waals surface area (Å²) in [5.74, 6) is 0. The van der Waals surface area contributed by atoms with Crippen LogP contribution in [0.3, 0.4) is 0 Å². The predicted molar refractivity (Wildman–Crippen MR) is 96.7 cm³/mol. The zero-order chi connectivity index (χ0) is 14.9. The van der Waals surface area contributed by atoms with E-state index in [0.29, 0.717) is 0 Å². The summed E-state index contributed by atoms with van der Waals surface area (Å²) < 4.78 is 1.08. The Labute approximate surface area is 136 Å². The Hall–Kier alpha value is -2.39. The highest BCUT2D eigenvalue weighted by Crippen LogP contribution is 2.27. The number of halogens is 1. The van der Waals surface area contributed by atoms with Gasteiger partial charge in [-0.1, -0.05) is 52.3 Å². The Morgan fingerprint density at radius 2 is 1.68 bits per heavy atom. The molecule has 1 N–H and O–H groups in total. The minimum atomic E-state index is 0.955. The quantitative estimate of drug-likeness (QED) is 0.498. The molecule has 2 aromatic carbocycles. The minimum Gasteiger partial charge on any atom is -0.353 e. The minimum absolute atomic E-state index is 0.955. The first kappa shape index (κ1) is 13.3. The van der Waals surface area contributed by atoms with Crippen molar-refractivity contribution in [2.24, 2.45) is 0 Å². The maximum Gasteiger partial charge on any atom is 0.0871 e. The van der Waals surface area contributed by atoms with Crippen LogP contribution in [0, 0.1) is 0 Å². The zero-order valence-corrected chi connectivity index (χ0v) is 13.3. The van der Waals surface area contributed by atoms with Gasteiger partial charge in [0.05, 0.1) is 11.2 Å². The molecule has 0 fully saturated rings. The van der Waals surface area contributed by atoms with Crippen LogP contribution in [0.2, 0.25) is 0 Å². The molecular formula is C19H13BrN2. The molecule has 4 aromatic rings. The molecular weight excluding hydrogens is 336 g/mol. The number of nitrogens with zero attached hydrogens (tertiary/aromatic N) is 1. The second-order valence-electron chi connectivity index (χ2n) is 5.17. The Bertz CT molecular complexity index is 981. The summed E-state index contributed by atoms with van der Waals surface area (Å²) in [6, 6.07) is 18.6. The van der Waals surface area contributed by atoms with Crippen molar-refractivity contribution >= 4 is 49.9 Å². The third-order valence-electron chi connectivity index (χ3n) is 3.76. The van der Waals surface area contributed by atoms with Crippen molar-refractivity contribution in [2.75, 3.05) is 0 Å². The molecule has 2 heterocycles. The third-order valence-corrected chi connectivity index (χ3v) is 4.29. The van der Waals surface area contributed by atoms with E-state index < -0.39 is 0 Å². The molecule has 0 amide bonds. The lowest BCUT2D eigenvalue weighted by Gasteiger charge is -1.97. The molecule has 2 aromatic heterocycles. The number of aromatic amines is 1. The number of fused-ring (bicyclic) bond motifs is 3. The number of H-pyrrole nitrogens is 1. The summed E-state index contributed by atoms with van der Waals surface area (Å²) in [5, 5.41) is 2.44. The van der Waals surface area contributed by atoms with Crippen molar-refractivity contribution in [3.8, 4) is 0 Å². The average Bonchev–Trinajstić information content (AvgIpc) is 2.94. The van der Waals surface area contributed by atoms with E-state index in [-0.39, 0.29) is 0 Å². The number of para-hydroxylation sites is 1. The van der Waals surface area contributed by atoms with Gasteiger partial charge in [-0.15, -0.1) is 0 Å². The lowest BCUT2D eigenvalue weighted by atomic mass is 10.1. The van der Waals surface area contributed by atoms with Crippen LogP contribution in [0.15, 0.2) is 65.3 Å². The zero-order valence-electron chi connectivity index (χ0n) is 11.8. The lowest BCUT2D eigenvalue weighted by molar-refractivity contribution is 1.31. The van der Waals surface area contributed by atoms with Crippen LogP contribution in [0.1, 0.15) is 11.3 Å². The van der Waals surface area contributed by atoms with Gasteiger partial charge in [-0.05, 0) is 35.9 Å². The molecule has 0 saturated carbocycles. The maximum absolute atomic E-state index is 4.51. The van der Waals surface area contributed by atoms with E-state index in [9.17, 15) is 0 Å². The van der Waals surface area contributed by atoms with Crippen LogP contribution in [0.5, 0.6) is 0 Å². The smallest absolute Gasteiger partial charge is 0.0871 e. The van der Waals surface area contributed by atoms with Gasteiger partial charge in [0.15, 0.2) is 0 Å². The molecule has 0 aliphatic heterocycles. The Morgan fingerprint density at radius 3 is 2.55 bits per heavy atom. The number of nitrogens with one attached hydrogen (secondary N) is 1. The molecule has 22 heavy (non-hydrogen) atoms. The molecule has 0 bridgehead atoms. The van der Waals surface area contributed by atoms with Gasteiger partial charge in [0.1, 0.15) is 0 Å². The van der Waals surface area contributed by atoms with E-state index in [1.54, 1.807) is 0 Å². The molecule has 0 radical (unpaired) electrons. The molecule has 0 saturated heterocycles. The fourth-order valence-electron chi connectivity index (χ4n) is 2.67. The highest BCUT2D eigenvalue weighted by molar-refractivity contribution is 9.10. The molecule has 2 nitrogen and oxygen atoms in total. The Kier molecular flexibility index (Phi) is 3.28. The van der Waals surface area contributed by atoms with Crippen LogP contribution in [-0.2, 0) is 0 Å². The lowest BCUT2D eigenvalue weighted by Crippen LogP contribution is -1.82. The Morgan fingerprint density at radius 1 is 0.864 bits per heavy atom. The highest BCUT2D eigenvalue weighted by Gasteiger charge is 2.06. The van der Waals surface area contributed by atoms with E-state index in [4.69, 9.17) is 0 Å². The molecule has 0 aliphatic rings. The van der Waals surface area contributed by atoms with Crippen molar-refractivity contribution in [1.82, 2.24) is 9.97 Å². The van der Waals surface area contributed by atoms with Gasteiger partial charge in [-0.3, -0.25) is 4.98 Å². The molecule has 4 rings (SSSR count). The predicted octanol–water partition coefficient (Wildman–Crippen LogP) is 5.65. The molecule has 0 atom stereocenters. The second kappa shape index (κ2) is 5.43. The van der Waals surface area contributed by atoms with Crippen LogP contribution in [0.4, 0.5) is 0 Å². The summed E-state index contributed by atoms with van der Waals surface area (Å²) in [4.78, 5) is 7.98. The number of benzene rings is 2. The first-order valence-corrected chi connectivity index (χ1v) is 7.90. The number of rotatable bonds is 2. The summed E-state index contributed by atoms with van der Waals surface area (Å²) >= 11 is 3.45. The standard InChI is InChI=1S/C19H13BrN2/c20-14-8-5-13(6-9-14)7-10-18-19-16(11-12-21-18)15-3-1-2-4-17(15)22-19/h1-12,22H/b10-7-. The highest BCUT2D eigenvalue weighted by atomic mass is 79.9. The van der Waals surface area contributed by atoms with Gasteiger partial charge in [0, 0.05) is 27.0 Å². The second-order valence-corrected chi connectivity index (χ2v) is 6.09. The molecule has 0 unspecified atom stereocenters. The van der Waals surface area contributed by atoms with Crippen molar-refractivity contribution in [3.63, 3.8) is 0 Å². The molecule has 0 spiro atoms. The Balaban J connectivity index is 1.83. The van der Waals surface area contributed by atoms with E-state index in [1.165, 1.54) is 10.8 Å². The van der Waals surface area contributed by atoms with Crippen LogP contribution < -0.4 is 0 Å². The van der Waals surface area contributed by atoms with Gasteiger partial charge in [0.25, 0.3) is 0 Å². The van der Waals surface area contributed by atoms with Gasteiger partial charge in [0.2, 0.25) is 0 Å². The normalized spacial score (nSPS) is 11.7. The topological polar surface area (TPSA) is 28.7 Å². The van der Waals surface area contributed by atoms with Gasteiger partial charge in [-0.25, -0.2) is 0 Å². The molecule has 0 aliphatic carbocycles. The summed E-state index contributed by atoms with van der Waals surface area (Å²) in [5.41, 5.74) is 4.33. The average molecular weight is 349 g/mol. The summed E-state index contributed by atoms with van der Waals surface area (Å²) in [6.45, 7) is 0. The number of hydrogen-bond acceptors (Lipinski definition) is 1. The van der Waals surface area contributed by atoms with E-state index in [0.717, 1.165) is 26.8 Å². The van der Waals surface area contributed by atoms with E-state index in [1.807, 2.05) is 24.4 Å². The van der Waals surface area contributed by atoms with Crippen LogP contribution in [-0.4, -0.2) is 9.97 Å². The van der Waals surface area contributed by atoms with Crippen molar-refractivity contribution in [2.45, 2.75) is 0 Å². The van der Waals surface area contributed by atoms with Crippen molar-refractivity contribution < 1.29 is 0 Å². The molecule has 3 heteroatoms. The van der Waals surface area contributed by atoms with Gasteiger partial charge >= 0.3 is 0 Å². The molecule has 106 valence electrons. The van der Waals surface area contributed by atoms with Gasteiger partial charge < -0.3 is 4.98 Å². The van der Waals surface area contributed by atoms with E-state index >= 15 is 0 Å². The van der Waals surface area contributed by atoms with Crippen molar-refractivity contribution in [1.29, 1.82) is 0 Å². The summed E-state index contributed by atoms with van der Waals surface area (Å²) in [6.07, 6.45) is 6.00. The largest absolute Gasteiger partial charge is 0.353 e. The number of hydrogen-bond donors (Lipinski definition) is 1. The number of aromatic nitrogens is 2. The monoisotopic (exact) mass is 348 g/mol. The fourth-order valence-corrected chi connectivity index (χ4v) is 2.94. The van der Waals surface area contributed by atoms with E-state index in [2.05, 4.69) is 74.4 Å². The first-order chi connectivity index (χ1) is 10.8. The summed E-state index contributed by atoms with van der Waals surface area (Å²) in [7, 11) is 0. The maximum atomic E-state index is 4.51. The fraction of sp³-hybridized carbons (Fsp3) is 0. The van der Waals surface area contributed by atoms with Gasteiger partial charge in [-0.2, -0.15) is 0 Å². The first-order valence-electron chi connectivity index (χ1n) is 7.10. The third kappa shape index (κ3) is 2.34. The van der Waals surface area contributed by atoms with Crippen LogP contribution >= 0.6 is 15.9 Å². The van der Waals surface area contributed by atoms with Crippen molar-refractivity contribution in [3.05, 3.63) is 76.5 Å². The van der Waals surface area contributed by atoms with Crippen LogP contribution in [0.25, 0.3) is 34.0 Å². The SMILES string of the molecule is Brc1ccc(/C=C\c2nccc3c2[nH]c2ccccc23)cc1. The number of pyridine rings is 1.